The lowest BCUT2D eigenvalue weighted by atomic mass is 10.1. The van der Waals surface area contributed by atoms with E-state index in [4.69, 9.17) is 9.72 Å². The Morgan fingerprint density at radius 2 is 2.24 bits per heavy atom. The summed E-state index contributed by atoms with van der Waals surface area (Å²) >= 11 is 0. The number of rotatable bonds is 4. The molecule has 3 rings (SSSR count). The molecule has 0 spiro atoms. The quantitative estimate of drug-likeness (QED) is 0.935. The highest BCUT2D eigenvalue weighted by Gasteiger charge is 2.21. The van der Waals surface area contributed by atoms with E-state index in [2.05, 4.69) is 29.3 Å². The van der Waals surface area contributed by atoms with Crippen LogP contribution in [0.1, 0.15) is 25.3 Å². The fourth-order valence-electron chi connectivity index (χ4n) is 3.10. The molecule has 1 aromatic carbocycles. The maximum absolute atomic E-state index is 5.28. The van der Waals surface area contributed by atoms with E-state index in [9.17, 15) is 0 Å². The lowest BCUT2D eigenvalue weighted by Crippen LogP contribution is -2.26. The zero-order chi connectivity index (χ0) is 14.8. The Labute approximate surface area is 126 Å². The first-order chi connectivity index (χ1) is 10.2. The number of anilines is 1. The minimum Gasteiger partial charge on any atom is -0.497 e. The Bertz CT molecular complexity index is 641. The van der Waals surface area contributed by atoms with Crippen LogP contribution in [0.15, 0.2) is 24.3 Å². The summed E-state index contributed by atoms with van der Waals surface area (Å²) in [6.45, 7) is 4.46. The molecular weight excluding hydrogens is 262 g/mol. The lowest BCUT2D eigenvalue weighted by molar-refractivity contribution is 0.260. The van der Waals surface area contributed by atoms with Crippen LogP contribution in [0.2, 0.25) is 0 Å². The van der Waals surface area contributed by atoms with Crippen molar-refractivity contribution in [3.8, 4) is 5.75 Å². The van der Waals surface area contributed by atoms with Gasteiger partial charge in [0.25, 0.3) is 0 Å². The van der Waals surface area contributed by atoms with E-state index in [1.807, 2.05) is 19.2 Å². The summed E-state index contributed by atoms with van der Waals surface area (Å²) in [5.41, 5.74) is 2.24. The summed E-state index contributed by atoms with van der Waals surface area (Å²) in [5, 5.41) is 4.40. The van der Waals surface area contributed by atoms with Gasteiger partial charge in [0.15, 0.2) is 0 Å². The molecule has 1 unspecified atom stereocenters. The highest BCUT2D eigenvalue weighted by molar-refractivity contribution is 5.83. The summed E-state index contributed by atoms with van der Waals surface area (Å²) in [4.78, 5) is 7.29. The van der Waals surface area contributed by atoms with Gasteiger partial charge in [-0.3, -0.25) is 4.90 Å². The van der Waals surface area contributed by atoms with Crippen molar-refractivity contribution < 1.29 is 4.74 Å². The predicted octanol–water partition coefficient (Wildman–Crippen LogP) is 3.27. The van der Waals surface area contributed by atoms with Gasteiger partial charge in [0.1, 0.15) is 11.6 Å². The van der Waals surface area contributed by atoms with E-state index in [0.717, 1.165) is 29.0 Å². The van der Waals surface area contributed by atoms with Gasteiger partial charge in [-0.15, -0.1) is 0 Å². The second-order valence-corrected chi connectivity index (χ2v) is 5.77. The number of nitrogens with zero attached hydrogens (tertiary/aromatic N) is 2. The largest absolute Gasteiger partial charge is 0.497 e. The van der Waals surface area contributed by atoms with Gasteiger partial charge in [-0.1, -0.05) is 0 Å². The van der Waals surface area contributed by atoms with Crippen molar-refractivity contribution in [3.05, 3.63) is 29.8 Å². The van der Waals surface area contributed by atoms with E-state index >= 15 is 0 Å². The van der Waals surface area contributed by atoms with Crippen molar-refractivity contribution in [2.45, 2.75) is 32.4 Å². The Morgan fingerprint density at radius 3 is 2.90 bits per heavy atom. The van der Waals surface area contributed by atoms with E-state index in [0.29, 0.717) is 6.04 Å². The summed E-state index contributed by atoms with van der Waals surface area (Å²) in [5.74, 6) is 1.81. The average molecular weight is 285 g/mol. The van der Waals surface area contributed by atoms with Gasteiger partial charge in [-0.25, -0.2) is 4.98 Å². The topological polar surface area (TPSA) is 37.4 Å². The SMILES string of the molecule is CNc1nc2cc(OC)ccc2cc1CN1CCCC1C. The Kier molecular flexibility index (Phi) is 3.97. The molecule has 4 heteroatoms. The average Bonchev–Trinajstić information content (AvgIpc) is 2.91. The summed E-state index contributed by atoms with van der Waals surface area (Å²) < 4.78 is 5.28. The Morgan fingerprint density at radius 1 is 1.38 bits per heavy atom. The van der Waals surface area contributed by atoms with Crippen LogP contribution in [0, 0.1) is 0 Å². The monoisotopic (exact) mass is 285 g/mol. The molecule has 0 saturated carbocycles. The van der Waals surface area contributed by atoms with E-state index in [1.165, 1.54) is 24.9 Å². The van der Waals surface area contributed by atoms with Crippen LogP contribution in [0.5, 0.6) is 5.75 Å². The highest BCUT2D eigenvalue weighted by Crippen LogP contribution is 2.27. The molecule has 112 valence electrons. The third kappa shape index (κ3) is 2.81. The Balaban J connectivity index is 1.97. The number of hydrogen-bond acceptors (Lipinski definition) is 4. The molecule has 21 heavy (non-hydrogen) atoms. The van der Waals surface area contributed by atoms with Crippen LogP contribution in [0.3, 0.4) is 0 Å². The zero-order valence-electron chi connectivity index (χ0n) is 13.0. The summed E-state index contributed by atoms with van der Waals surface area (Å²) in [6, 6.07) is 8.97. The molecule has 2 heterocycles. The van der Waals surface area contributed by atoms with Gasteiger partial charge in [0.05, 0.1) is 12.6 Å². The number of likely N-dealkylation sites (tertiary alicyclic amines) is 1. The van der Waals surface area contributed by atoms with Gasteiger partial charge >= 0.3 is 0 Å². The summed E-state index contributed by atoms with van der Waals surface area (Å²) in [7, 11) is 3.62. The smallest absolute Gasteiger partial charge is 0.130 e. The number of pyridine rings is 1. The molecule has 1 atom stereocenters. The second kappa shape index (κ2) is 5.90. The van der Waals surface area contributed by atoms with Crippen molar-refractivity contribution in [1.82, 2.24) is 9.88 Å². The normalized spacial score (nSPS) is 19.1. The number of methoxy groups -OCH3 is 1. The molecule has 1 fully saturated rings. The van der Waals surface area contributed by atoms with Crippen LogP contribution >= 0.6 is 0 Å². The fourth-order valence-corrected chi connectivity index (χ4v) is 3.10. The Hall–Kier alpha value is -1.81. The number of aromatic nitrogens is 1. The number of hydrogen-bond donors (Lipinski definition) is 1. The minimum absolute atomic E-state index is 0.668. The fraction of sp³-hybridized carbons (Fsp3) is 0.471. The maximum atomic E-state index is 5.28. The predicted molar refractivity (Wildman–Crippen MR) is 86.9 cm³/mol. The standard InChI is InChI=1S/C17H23N3O/c1-12-5-4-8-20(12)11-14-9-13-6-7-15(21-3)10-16(13)19-17(14)18-2/h6-7,9-10,12H,4-5,8,11H2,1-3H3,(H,18,19). The molecule has 0 radical (unpaired) electrons. The van der Waals surface area contributed by atoms with Gasteiger partial charge in [0, 0.05) is 36.7 Å². The molecule has 1 aliphatic rings. The van der Waals surface area contributed by atoms with Gasteiger partial charge in [0.2, 0.25) is 0 Å². The lowest BCUT2D eigenvalue weighted by Gasteiger charge is -2.22. The van der Waals surface area contributed by atoms with Crippen molar-refractivity contribution in [2.75, 3.05) is 26.0 Å². The summed E-state index contributed by atoms with van der Waals surface area (Å²) in [6.07, 6.45) is 2.60. The minimum atomic E-state index is 0.668. The molecule has 0 amide bonds. The molecule has 1 aromatic heterocycles. The van der Waals surface area contributed by atoms with Crippen molar-refractivity contribution in [2.24, 2.45) is 0 Å². The third-order valence-corrected chi connectivity index (χ3v) is 4.40. The zero-order valence-corrected chi connectivity index (χ0v) is 13.0. The van der Waals surface area contributed by atoms with E-state index in [-0.39, 0.29) is 0 Å². The molecular formula is C17H23N3O. The number of nitrogens with one attached hydrogen (secondary N) is 1. The number of fused-ring (bicyclic) bond motifs is 1. The first kappa shape index (κ1) is 14.1. The van der Waals surface area contributed by atoms with Crippen LogP contribution in [-0.4, -0.2) is 36.6 Å². The van der Waals surface area contributed by atoms with Crippen LogP contribution < -0.4 is 10.1 Å². The molecule has 1 aliphatic heterocycles. The van der Waals surface area contributed by atoms with E-state index in [1.54, 1.807) is 7.11 Å². The van der Waals surface area contributed by atoms with Gasteiger partial charge < -0.3 is 10.1 Å². The first-order valence-corrected chi connectivity index (χ1v) is 7.60. The molecule has 1 saturated heterocycles. The van der Waals surface area contributed by atoms with E-state index < -0.39 is 0 Å². The van der Waals surface area contributed by atoms with Crippen LogP contribution in [0.4, 0.5) is 5.82 Å². The molecule has 1 N–H and O–H groups in total. The first-order valence-electron chi connectivity index (χ1n) is 7.60. The van der Waals surface area contributed by atoms with Crippen LogP contribution in [0.25, 0.3) is 10.9 Å². The van der Waals surface area contributed by atoms with Crippen molar-refractivity contribution in [3.63, 3.8) is 0 Å². The number of benzene rings is 1. The molecule has 0 bridgehead atoms. The maximum Gasteiger partial charge on any atom is 0.130 e. The van der Waals surface area contributed by atoms with Gasteiger partial charge in [-0.05, 0) is 44.5 Å². The highest BCUT2D eigenvalue weighted by atomic mass is 16.5. The van der Waals surface area contributed by atoms with Crippen LogP contribution in [-0.2, 0) is 6.54 Å². The molecule has 0 aliphatic carbocycles. The molecule has 4 nitrogen and oxygen atoms in total. The van der Waals surface area contributed by atoms with Crippen molar-refractivity contribution in [1.29, 1.82) is 0 Å². The number of ether oxygens (including phenoxy) is 1. The van der Waals surface area contributed by atoms with Crippen molar-refractivity contribution >= 4 is 16.7 Å². The van der Waals surface area contributed by atoms with Gasteiger partial charge in [-0.2, -0.15) is 0 Å². The second-order valence-electron chi connectivity index (χ2n) is 5.77. The molecule has 2 aromatic rings. The third-order valence-electron chi connectivity index (χ3n) is 4.40.